The number of phenolic OH excluding ortho intramolecular Hbond substituents is 2. The highest BCUT2D eigenvalue weighted by Gasteiger charge is 2.17. The molecule has 0 saturated heterocycles. The topological polar surface area (TPSA) is 69.6 Å². The number of hydrogen-bond donors (Lipinski definition) is 3. The van der Waals surface area contributed by atoms with Crippen molar-refractivity contribution in [3.63, 3.8) is 0 Å². The Hall–Kier alpha value is -2.49. The monoisotopic (exact) mass is 271 g/mol. The minimum Gasteiger partial charge on any atom is -0.504 e. The number of phenols is 2. The van der Waals surface area contributed by atoms with Gasteiger partial charge in [0.15, 0.2) is 11.5 Å². The Morgan fingerprint density at radius 2 is 1.80 bits per heavy atom. The molecule has 0 aliphatic heterocycles. The highest BCUT2D eigenvalue weighted by Crippen LogP contribution is 2.28. The predicted octanol–water partition coefficient (Wildman–Crippen LogP) is 2.90. The number of rotatable bonds is 3. The van der Waals surface area contributed by atoms with Crippen LogP contribution in [0.25, 0.3) is 0 Å². The smallest absolute Gasteiger partial charge is 0.255 e. The lowest BCUT2D eigenvalue weighted by Gasteiger charge is -2.17. The Morgan fingerprint density at radius 1 is 1.10 bits per heavy atom. The summed E-state index contributed by atoms with van der Waals surface area (Å²) >= 11 is 0. The third-order valence-corrected chi connectivity index (χ3v) is 3.26. The van der Waals surface area contributed by atoms with Crippen LogP contribution in [0, 0.1) is 6.92 Å². The van der Waals surface area contributed by atoms with Gasteiger partial charge in [0.05, 0.1) is 11.6 Å². The highest BCUT2D eigenvalue weighted by molar-refractivity contribution is 5.97. The van der Waals surface area contributed by atoms with Crippen LogP contribution < -0.4 is 5.32 Å². The molecule has 0 fully saturated rings. The van der Waals surface area contributed by atoms with Crippen LogP contribution in [0.4, 0.5) is 0 Å². The molecule has 0 spiro atoms. The maximum Gasteiger partial charge on any atom is 0.255 e. The minimum atomic E-state index is -0.422. The molecular formula is C16H17NO3. The largest absolute Gasteiger partial charge is 0.504 e. The lowest BCUT2D eigenvalue weighted by molar-refractivity contribution is 0.0936. The molecule has 0 aliphatic carbocycles. The zero-order chi connectivity index (χ0) is 14.7. The maximum absolute atomic E-state index is 12.1. The summed E-state index contributed by atoms with van der Waals surface area (Å²) in [6.45, 7) is 3.85. The molecule has 2 aromatic rings. The zero-order valence-electron chi connectivity index (χ0n) is 11.4. The number of aryl methyl sites for hydroxylation is 1. The molecule has 20 heavy (non-hydrogen) atoms. The molecule has 0 saturated carbocycles. The first-order valence-corrected chi connectivity index (χ1v) is 6.38. The van der Waals surface area contributed by atoms with Crippen LogP contribution in [0.1, 0.15) is 34.5 Å². The highest BCUT2D eigenvalue weighted by atomic mass is 16.3. The number of benzene rings is 2. The fourth-order valence-corrected chi connectivity index (χ4v) is 2.14. The molecule has 3 N–H and O–H groups in total. The molecule has 1 atom stereocenters. The summed E-state index contributed by atoms with van der Waals surface area (Å²) in [5.41, 5.74) is 2.16. The normalized spacial score (nSPS) is 11.9. The van der Waals surface area contributed by atoms with E-state index >= 15 is 0 Å². The van der Waals surface area contributed by atoms with Crippen LogP contribution >= 0.6 is 0 Å². The second-order valence-corrected chi connectivity index (χ2v) is 4.73. The van der Waals surface area contributed by atoms with Gasteiger partial charge in [0.2, 0.25) is 0 Å². The van der Waals surface area contributed by atoms with E-state index in [2.05, 4.69) is 5.32 Å². The van der Waals surface area contributed by atoms with Crippen molar-refractivity contribution in [2.24, 2.45) is 0 Å². The Morgan fingerprint density at radius 3 is 2.50 bits per heavy atom. The molecule has 0 aromatic heterocycles. The van der Waals surface area contributed by atoms with Crippen molar-refractivity contribution in [2.45, 2.75) is 19.9 Å². The van der Waals surface area contributed by atoms with Crippen LogP contribution in [-0.2, 0) is 0 Å². The Labute approximate surface area is 117 Å². The summed E-state index contributed by atoms with van der Waals surface area (Å²) in [5, 5.41) is 21.9. The van der Waals surface area contributed by atoms with Crippen LogP contribution in [0.3, 0.4) is 0 Å². The van der Waals surface area contributed by atoms with Crippen molar-refractivity contribution < 1.29 is 15.0 Å². The zero-order valence-corrected chi connectivity index (χ0v) is 11.4. The lowest BCUT2D eigenvalue weighted by Crippen LogP contribution is -2.27. The van der Waals surface area contributed by atoms with Gasteiger partial charge in [-0.3, -0.25) is 4.79 Å². The standard InChI is InChI=1S/C16H17NO3/c1-10-6-3-4-7-12(10)11(2)17-16(20)13-8-5-9-14(18)15(13)19/h3-9,11,18-19H,1-2H3,(H,17,20). The molecule has 0 bridgehead atoms. The van der Waals surface area contributed by atoms with E-state index in [1.807, 2.05) is 38.1 Å². The van der Waals surface area contributed by atoms with Gasteiger partial charge in [0, 0.05) is 0 Å². The molecule has 4 heteroatoms. The van der Waals surface area contributed by atoms with E-state index < -0.39 is 11.7 Å². The average Bonchev–Trinajstić information content (AvgIpc) is 2.42. The molecule has 0 heterocycles. The number of nitrogens with one attached hydrogen (secondary N) is 1. The quantitative estimate of drug-likeness (QED) is 0.752. The first-order chi connectivity index (χ1) is 9.50. The van der Waals surface area contributed by atoms with Gasteiger partial charge in [-0.05, 0) is 37.1 Å². The van der Waals surface area contributed by atoms with Crippen molar-refractivity contribution in [1.82, 2.24) is 5.32 Å². The lowest BCUT2D eigenvalue weighted by atomic mass is 10.0. The van der Waals surface area contributed by atoms with E-state index in [0.29, 0.717) is 0 Å². The van der Waals surface area contributed by atoms with Crippen molar-refractivity contribution in [2.75, 3.05) is 0 Å². The third kappa shape index (κ3) is 2.74. The first-order valence-electron chi connectivity index (χ1n) is 6.38. The Bertz CT molecular complexity index is 637. The summed E-state index contributed by atoms with van der Waals surface area (Å²) in [5.74, 6) is -1.13. The van der Waals surface area contributed by atoms with Crippen molar-refractivity contribution in [3.8, 4) is 11.5 Å². The minimum absolute atomic E-state index is 0.0606. The maximum atomic E-state index is 12.1. The van der Waals surface area contributed by atoms with E-state index in [1.54, 1.807) is 0 Å². The molecule has 1 amide bonds. The van der Waals surface area contributed by atoms with E-state index in [0.717, 1.165) is 11.1 Å². The Kier molecular flexibility index (Phi) is 3.94. The van der Waals surface area contributed by atoms with Crippen LogP contribution in [-0.4, -0.2) is 16.1 Å². The van der Waals surface area contributed by atoms with E-state index in [9.17, 15) is 15.0 Å². The van der Waals surface area contributed by atoms with Gasteiger partial charge in [0.1, 0.15) is 0 Å². The van der Waals surface area contributed by atoms with Crippen LogP contribution in [0.5, 0.6) is 11.5 Å². The van der Waals surface area contributed by atoms with E-state index in [1.165, 1.54) is 18.2 Å². The fraction of sp³-hybridized carbons (Fsp3) is 0.188. The summed E-state index contributed by atoms with van der Waals surface area (Å²) in [6, 6.07) is 11.9. The van der Waals surface area contributed by atoms with Gasteiger partial charge < -0.3 is 15.5 Å². The molecular weight excluding hydrogens is 254 g/mol. The van der Waals surface area contributed by atoms with Gasteiger partial charge in [-0.15, -0.1) is 0 Å². The van der Waals surface area contributed by atoms with Crippen molar-refractivity contribution in [1.29, 1.82) is 0 Å². The van der Waals surface area contributed by atoms with Gasteiger partial charge >= 0.3 is 0 Å². The molecule has 2 rings (SSSR count). The molecule has 4 nitrogen and oxygen atoms in total. The van der Waals surface area contributed by atoms with Gasteiger partial charge in [-0.2, -0.15) is 0 Å². The SMILES string of the molecule is Cc1ccccc1C(C)NC(=O)c1cccc(O)c1O. The molecule has 0 radical (unpaired) electrons. The molecule has 104 valence electrons. The number of para-hydroxylation sites is 1. The van der Waals surface area contributed by atoms with Gasteiger partial charge in [0.25, 0.3) is 5.91 Å². The van der Waals surface area contributed by atoms with Crippen molar-refractivity contribution in [3.05, 3.63) is 59.2 Å². The summed E-state index contributed by atoms with van der Waals surface area (Å²) < 4.78 is 0. The summed E-state index contributed by atoms with van der Waals surface area (Å²) in [7, 11) is 0. The van der Waals surface area contributed by atoms with E-state index in [4.69, 9.17) is 0 Å². The number of hydrogen-bond acceptors (Lipinski definition) is 3. The third-order valence-electron chi connectivity index (χ3n) is 3.26. The fourth-order valence-electron chi connectivity index (χ4n) is 2.14. The molecule has 0 aliphatic rings. The van der Waals surface area contributed by atoms with E-state index in [-0.39, 0.29) is 17.4 Å². The van der Waals surface area contributed by atoms with Gasteiger partial charge in [-0.25, -0.2) is 0 Å². The Balaban J connectivity index is 2.20. The second kappa shape index (κ2) is 5.65. The van der Waals surface area contributed by atoms with Crippen LogP contribution in [0.2, 0.25) is 0 Å². The second-order valence-electron chi connectivity index (χ2n) is 4.73. The molecule has 1 unspecified atom stereocenters. The number of amides is 1. The average molecular weight is 271 g/mol. The number of carbonyl (C=O) groups is 1. The first kappa shape index (κ1) is 13.9. The van der Waals surface area contributed by atoms with Crippen LogP contribution in [0.15, 0.2) is 42.5 Å². The number of carbonyl (C=O) groups excluding carboxylic acids is 1. The number of aromatic hydroxyl groups is 2. The predicted molar refractivity (Wildman–Crippen MR) is 76.8 cm³/mol. The molecule has 2 aromatic carbocycles. The van der Waals surface area contributed by atoms with Crippen molar-refractivity contribution >= 4 is 5.91 Å². The van der Waals surface area contributed by atoms with Gasteiger partial charge in [-0.1, -0.05) is 30.3 Å². The summed E-state index contributed by atoms with van der Waals surface area (Å²) in [4.78, 5) is 12.1. The summed E-state index contributed by atoms with van der Waals surface area (Å²) in [6.07, 6.45) is 0.